The molecule has 2 rings (SSSR count). The lowest BCUT2D eigenvalue weighted by Gasteiger charge is -2.22. The molecule has 5 heteroatoms. The van der Waals surface area contributed by atoms with Crippen molar-refractivity contribution in [1.29, 1.82) is 0 Å². The van der Waals surface area contributed by atoms with Gasteiger partial charge in [-0.2, -0.15) is 0 Å². The topological polar surface area (TPSA) is 59.6 Å². The van der Waals surface area contributed by atoms with Crippen molar-refractivity contribution >= 4 is 11.6 Å². The second-order valence-electron chi connectivity index (χ2n) is 5.37. The molecule has 5 nitrogen and oxygen atoms in total. The molecule has 1 aliphatic rings. The van der Waals surface area contributed by atoms with Crippen molar-refractivity contribution in [3.05, 3.63) is 23.8 Å². The molecule has 0 radical (unpaired) electrons. The second-order valence-corrected chi connectivity index (χ2v) is 5.37. The van der Waals surface area contributed by atoms with E-state index in [2.05, 4.69) is 10.6 Å². The summed E-state index contributed by atoms with van der Waals surface area (Å²) in [6.07, 6.45) is 1.98. The van der Waals surface area contributed by atoms with Gasteiger partial charge in [0.1, 0.15) is 12.4 Å². The van der Waals surface area contributed by atoms with Gasteiger partial charge >= 0.3 is 0 Å². The maximum Gasteiger partial charge on any atom is 0.228 e. The maximum absolute atomic E-state index is 12.3. The van der Waals surface area contributed by atoms with Gasteiger partial charge in [-0.3, -0.25) is 4.79 Å². The van der Waals surface area contributed by atoms with Gasteiger partial charge in [-0.15, -0.1) is 0 Å². The van der Waals surface area contributed by atoms with Gasteiger partial charge < -0.3 is 20.1 Å². The molecule has 0 bridgehead atoms. The lowest BCUT2D eigenvalue weighted by molar-refractivity contribution is -0.120. The first-order valence-corrected chi connectivity index (χ1v) is 7.44. The van der Waals surface area contributed by atoms with E-state index in [4.69, 9.17) is 9.47 Å². The fourth-order valence-electron chi connectivity index (χ4n) is 2.40. The molecule has 0 saturated carbocycles. The van der Waals surface area contributed by atoms with E-state index in [1.54, 1.807) is 7.11 Å². The summed E-state index contributed by atoms with van der Waals surface area (Å²) in [5.41, 5.74) is 1.83. The van der Waals surface area contributed by atoms with Crippen molar-refractivity contribution in [3.8, 4) is 5.75 Å². The Balaban J connectivity index is 2.01. The third-order valence-electron chi connectivity index (χ3n) is 3.61. The highest BCUT2D eigenvalue weighted by Gasteiger charge is 2.21. The van der Waals surface area contributed by atoms with E-state index in [1.807, 2.05) is 25.1 Å². The highest BCUT2D eigenvalue weighted by Crippen LogP contribution is 2.26. The first-order valence-electron chi connectivity index (χ1n) is 7.44. The van der Waals surface area contributed by atoms with Crippen LogP contribution in [-0.2, 0) is 9.53 Å². The van der Waals surface area contributed by atoms with E-state index in [0.717, 1.165) is 37.2 Å². The average Bonchev–Trinajstić information content (AvgIpc) is 2.51. The van der Waals surface area contributed by atoms with Crippen LogP contribution < -0.4 is 15.4 Å². The highest BCUT2D eigenvalue weighted by molar-refractivity contribution is 5.94. The van der Waals surface area contributed by atoms with Gasteiger partial charge in [0, 0.05) is 13.7 Å². The fraction of sp³-hybridized carbons (Fsp3) is 0.562. The Morgan fingerprint density at radius 2 is 2.29 bits per heavy atom. The first-order chi connectivity index (χ1) is 10.2. The average molecular weight is 292 g/mol. The van der Waals surface area contributed by atoms with E-state index < -0.39 is 0 Å². The number of anilines is 1. The molecule has 21 heavy (non-hydrogen) atoms. The lowest BCUT2D eigenvalue weighted by Crippen LogP contribution is -2.37. The van der Waals surface area contributed by atoms with Crippen LogP contribution in [0.4, 0.5) is 5.69 Å². The zero-order chi connectivity index (χ0) is 15.1. The van der Waals surface area contributed by atoms with Crippen LogP contribution in [0.2, 0.25) is 0 Å². The van der Waals surface area contributed by atoms with E-state index in [-0.39, 0.29) is 11.8 Å². The molecular weight excluding hydrogens is 268 g/mol. The SMILES string of the molecule is COCCOc1cc(C)ccc1NC(=O)[C@@H]1CCCNC1. The summed E-state index contributed by atoms with van der Waals surface area (Å²) in [5.74, 6) is 0.790. The number of benzene rings is 1. The number of nitrogens with one attached hydrogen (secondary N) is 2. The monoisotopic (exact) mass is 292 g/mol. The standard InChI is InChI=1S/C16H24N2O3/c1-12-5-6-14(15(10-12)21-9-8-20-2)18-16(19)13-4-3-7-17-11-13/h5-6,10,13,17H,3-4,7-9,11H2,1-2H3,(H,18,19)/t13-/m1/s1. The summed E-state index contributed by atoms with van der Waals surface area (Å²) in [6, 6.07) is 5.80. The molecule has 2 N–H and O–H groups in total. The van der Waals surface area contributed by atoms with Gasteiger partial charge in [0.2, 0.25) is 5.91 Å². The summed E-state index contributed by atoms with van der Waals surface area (Å²) in [4.78, 5) is 12.3. The molecule has 0 aromatic heterocycles. The minimum absolute atomic E-state index is 0.0341. The van der Waals surface area contributed by atoms with Crippen LogP contribution in [0.15, 0.2) is 18.2 Å². The zero-order valence-corrected chi connectivity index (χ0v) is 12.8. The van der Waals surface area contributed by atoms with Crippen LogP contribution in [0.3, 0.4) is 0 Å². The van der Waals surface area contributed by atoms with Crippen molar-refractivity contribution < 1.29 is 14.3 Å². The van der Waals surface area contributed by atoms with Crippen LogP contribution >= 0.6 is 0 Å². The first kappa shape index (κ1) is 15.8. The lowest BCUT2D eigenvalue weighted by atomic mass is 9.98. The smallest absolute Gasteiger partial charge is 0.228 e. The summed E-state index contributed by atoms with van der Waals surface area (Å²) in [7, 11) is 1.64. The van der Waals surface area contributed by atoms with Gasteiger partial charge in [-0.05, 0) is 44.0 Å². The molecule has 1 aromatic rings. The van der Waals surface area contributed by atoms with E-state index in [9.17, 15) is 4.79 Å². The molecule has 1 amide bonds. The molecule has 1 fully saturated rings. The minimum atomic E-state index is 0.0341. The highest BCUT2D eigenvalue weighted by atomic mass is 16.5. The van der Waals surface area contributed by atoms with Gasteiger partial charge in [-0.25, -0.2) is 0 Å². The largest absolute Gasteiger partial charge is 0.489 e. The van der Waals surface area contributed by atoms with E-state index in [1.165, 1.54) is 0 Å². The molecule has 0 unspecified atom stereocenters. The number of aryl methyl sites for hydroxylation is 1. The quantitative estimate of drug-likeness (QED) is 0.787. The summed E-state index contributed by atoms with van der Waals surface area (Å²) < 4.78 is 10.7. The van der Waals surface area contributed by atoms with Gasteiger partial charge in [0.05, 0.1) is 18.2 Å². The number of piperidine rings is 1. The molecular formula is C16H24N2O3. The van der Waals surface area contributed by atoms with Crippen molar-refractivity contribution in [2.45, 2.75) is 19.8 Å². The molecule has 1 saturated heterocycles. The van der Waals surface area contributed by atoms with Gasteiger partial charge in [0.15, 0.2) is 0 Å². The molecule has 1 heterocycles. The zero-order valence-electron chi connectivity index (χ0n) is 12.8. The van der Waals surface area contributed by atoms with Crippen LogP contribution in [0.1, 0.15) is 18.4 Å². The Bertz CT molecular complexity index is 471. The molecule has 1 aromatic carbocycles. The molecule has 1 atom stereocenters. The van der Waals surface area contributed by atoms with E-state index >= 15 is 0 Å². The third kappa shape index (κ3) is 4.72. The normalized spacial score (nSPS) is 18.3. The number of ether oxygens (including phenoxy) is 2. The predicted molar refractivity (Wildman–Crippen MR) is 82.8 cm³/mol. The van der Waals surface area contributed by atoms with Crippen molar-refractivity contribution in [2.24, 2.45) is 5.92 Å². The Kier molecular flexibility index (Phi) is 6.02. The second kappa shape index (κ2) is 8.00. The number of hydrogen-bond acceptors (Lipinski definition) is 4. The summed E-state index contributed by atoms with van der Waals surface area (Å²) in [6.45, 7) is 4.73. The summed E-state index contributed by atoms with van der Waals surface area (Å²) in [5, 5.41) is 6.25. The van der Waals surface area contributed by atoms with Crippen LogP contribution in [0, 0.1) is 12.8 Å². The summed E-state index contributed by atoms with van der Waals surface area (Å²) >= 11 is 0. The Morgan fingerprint density at radius 1 is 1.43 bits per heavy atom. The molecule has 116 valence electrons. The number of methoxy groups -OCH3 is 1. The fourth-order valence-corrected chi connectivity index (χ4v) is 2.40. The number of rotatable bonds is 6. The van der Waals surface area contributed by atoms with Crippen LogP contribution in [0.5, 0.6) is 5.75 Å². The minimum Gasteiger partial charge on any atom is -0.489 e. The van der Waals surface area contributed by atoms with Crippen molar-refractivity contribution in [2.75, 3.05) is 38.7 Å². The number of amides is 1. The van der Waals surface area contributed by atoms with Gasteiger partial charge in [0.25, 0.3) is 0 Å². The third-order valence-corrected chi connectivity index (χ3v) is 3.61. The van der Waals surface area contributed by atoms with Crippen LogP contribution in [-0.4, -0.2) is 39.3 Å². The number of carbonyl (C=O) groups is 1. The van der Waals surface area contributed by atoms with E-state index in [0.29, 0.717) is 19.0 Å². The Morgan fingerprint density at radius 3 is 3.00 bits per heavy atom. The Labute approximate surface area is 126 Å². The molecule has 1 aliphatic heterocycles. The number of carbonyl (C=O) groups excluding carboxylic acids is 1. The van der Waals surface area contributed by atoms with Crippen molar-refractivity contribution in [3.63, 3.8) is 0 Å². The molecule has 0 spiro atoms. The van der Waals surface area contributed by atoms with Crippen LogP contribution in [0.25, 0.3) is 0 Å². The predicted octanol–water partition coefficient (Wildman–Crippen LogP) is 1.96. The maximum atomic E-state index is 12.3. The molecule has 0 aliphatic carbocycles. The number of hydrogen-bond donors (Lipinski definition) is 2. The van der Waals surface area contributed by atoms with Gasteiger partial charge in [-0.1, -0.05) is 6.07 Å². The Hall–Kier alpha value is -1.59. The van der Waals surface area contributed by atoms with Crippen molar-refractivity contribution in [1.82, 2.24) is 5.32 Å².